The molecule has 0 unspecified atom stereocenters. The number of nitrogens with one attached hydrogen (secondary N) is 1. The van der Waals surface area contributed by atoms with Gasteiger partial charge in [-0.15, -0.1) is 0 Å². The van der Waals surface area contributed by atoms with Crippen LogP contribution in [-0.2, 0) is 4.79 Å². The van der Waals surface area contributed by atoms with Crippen molar-refractivity contribution in [2.45, 2.75) is 33.2 Å². The van der Waals surface area contributed by atoms with Crippen LogP contribution in [0.4, 0.5) is 5.69 Å². The zero-order valence-electron chi connectivity index (χ0n) is 15.8. The monoisotopic (exact) mass is 418 g/mol. The van der Waals surface area contributed by atoms with Crippen molar-refractivity contribution < 1.29 is 14.4 Å². The fourth-order valence-corrected chi connectivity index (χ4v) is 3.59. The molecule has 28 heavy (non-hydrogen) atoms. The van der Waals surface area contributed by atoms with Gasteiger partial charge in [-0.05, 0) is 49.1 Å². The maximum absolute atomic E-state index is 13.0. The third-order valence-corrected chi connectivity index (χ3v) is 5.28. The Labute approximate surface area is 173 Å². The molecule has 3 rings (SSSR count). The minimum absolute atomic E-state index is 0.0877. The number of carbonyl (C=O) groups excluding carboxylic acids is 3. The number of hydrogen-bond donors (Lipinski definition) is 1. The smallest absolute Gasteiger partial charge is 0.262 e. The van der Waals surface area contributed by atoms with E-state index in [1.165, 1.54) is 12.1 Å². The molecule has 0 radical (unpaired) electrons. The van der Waals surface area contributed by atoms with Gasteiger partial charge in [-0.25, -0.2) is 0 Å². The van der Waals surface area contributed by atoms with Gasteiger partial charge in [-0.1, -0.05) is 49.2 Å². The quantitative estimate of drug-likeness (QED) is 0.698. The zero-order chi connectivity index (χ0) is 20.6. The highest BCUT2D eigenvalue weighted by atomic mass is 35.5. The second-order valence-electron chi connectivity index (χ2n) is 7.30. The summed E-state index contributed by atoms with van der Waals surface area (Å²) in [6, 6.07) is 9.15. The lowest BCUT2D eigenvalue weighted by molar-refractivity contribution is -0.120. The predicted octanol–water partition coefficient (Wildman–Crippen LogP) is 4.95. The number of halogens is 2. The Kier molecular flexibility index (Phi) is 5.77. The molecule has 7 heteroatoms. The summed E-state index contributed by atoms with van der Waals surface area (Å²) in [4.78, 5) is 39.9. The molecule has 3 amide bonds. The Morgan fingerprint density at radius 1 is 1.04 bits per heavy atom. The number of benzene rings is 2. The normalized spacial score (nSPS) is 14.4. The van der Waals surface area contributed by atoms with Gasteiger partial charge in [0, 0.05) is 5.69 Å². The molecule has 0 saturated carbocycles. The van der Waals surface area contributed by atoms with Crippen molar-refractivity contribution in [1.82, 2.24) is 4.90 Å². The minimum Gasteiger partial charge on any atom is -0.324 e. The first kappa shape index (κ1) is 20.4. The average molecular weight is 419 g/mol. The number of aryl methyl sites for hydroxylation is 1. The van der Waals surface area contributed by atoms with Gasteiger partial charge in [-0.2, -0.15) is 0 Å². The van der Waals surface area contributed by atoms with Crippen LogP contribution in [0.1, 0.15) is 46.5 Å². The Bertz CT molecular complexity index is 931. The van der Waals surface area contributed by atoms with Crippen LogP contribution in [0.25, 0.3) is 0 Å². The summed E-state index contributed by atoms with van der Waals surface area (Å²) in [5.74, 6) is -1.40. The van der Waals surface area contributed by atoms with Crippen LogP contribution >= 0.6 is 23.2 Å². The lowest BCUT2D eigenvalue weighted by Gasteiger charge is -2.26. The molecule has 0 bridgehead atoms. The van der Waals surface area contributed by atoms with E-state index in [0.717, 1.165) is 10.5 Å². The van der Waals surface area contributed by atoms with Crippen LogP contribution in [0.3, 0.4) is 0 Å². The van der Waals surface area contributed by atoms with Gasteiger partial charge in [0.2, 0.25) is 5.91 Å². The number of carbonyl (C=O) groups is 3. The molecule has 2 aromatic rings. The van der Waals surface area contributed by atoms with Crippen molar-refractivity contribution in [3.8, 4) is 0 Å². The maximum Gasteiger partial charge on any atom is 0.262 e. The van der Waals surface area contributed by atoms with Crippen molar-refractivity contribution in [2.75, 3.05) is 5.32 Å². The lowest BCUT2D eigenvalue weighted by atomic mass is 10.0. The third-order valence-electron chi connectivity index (χ3n) is 4.55. The second kappa shape index (κ2) is 7.94. The molecule has 0 spiro atoms. The Morgan fingerprint density at radius 2 is 1.61 bits per heavy atom. The predicted molar refractivity (Wildman–Crippen MR) is 110 cm³/mol. The largest absolute Gasteiger partial charge is 0.324 e. The molecule has 5 nitrogen and oxygen atoms in total. The van der Waals surface area contributed by atoms with Crippen LogP contribution < -0.4 is 5.32 Å². The maximum atomic E-state index is 13.0. The van der Waals surface area contributed by atoms with Crippen LogP contribution in [0, 0.1) is 12.8 Å². The van der Waals surface area contributed by atoms with Crippen molar-refractivity contribution in [1.29, 1.82) is 0 Å². The number of amides is 3. The van der Waals surface area contributed by atoms with E-state index < -0.39 is 23.8 Å². The van der Waals surface area contributed by atoms with Crippen LogP contribution in [0.5, 0.6) is 0 Å². The summed E-state index contributed by atoms with van der Waals surface area (Å²) in [5.41, 5.74) is 1.93. The minimum atomic E-state index is -0.939. The number of hydrogen-bond acceptors (Lipinski definition) is 3. The standard InChI is InChI=1S/C21H20Cl2N2O3/c1-11(2)7-18(19(26)24-13-6-4-5-12(3)8-13)25-20(27)14-9-16(22)17(23)10-15(14)21(25)28/h4-6,8-11,18H,7H2,1-3H3,(H,24,26)/t18-/m0/s1. The number of fused-ring (bicyclic) bond motifs is 1. The van der Waals surface area contributed by atoms with Crippen LogP contribution in [-0.4, -0.2) is 28.7 Å². The molecular weight excluding hydrogens is 399 g/mol. The third kappa shape index (κ3) is 3.91. The number of rotatable bonds is 5. The van der Waals surface area contributed by atoms with E-state index in [1.807, 2.05) is 39.0 Å². The van der Waals surface area contributed by atoms with Gasteiger partial charge in [0.05, 0.1) is 21.2 Å². The molecule has 0 aromatic heterocycles. The number of nitrogens with zero attached hydrogens (tertiary/aromatic N) is 1. The van der Waals surface area contributed by atoms with E-state index >= 15 is 0 Å². The van der Waals surface area contributed by atoms with Crippen molar-refractivity contribution >= 4 is 46.6 Å². The van der Waals surface area contributed by atoms with Crippen LogP contribution in [0.2, 0.25) is 10.0 Å². The highest BCUT2D eigenvalue weighted by Crippen LogP contribution is 2.33. The average Bonchev–Trinajstić information content (AvgIpc) is 2.84. The first-order valence-electron chi connectivity index (χ1n) is 8.93. The van der Waals surface area contributed by atoms with Crippen molar-refractivity contribution in [2.24, 2.45) is 5.92 Å². The van der Waals surface area contributed by atoms with Crippen molar-refractivity contribution in [3.63, 3.8) is 0 Å². The summed E-state index contributed by atoms with van der Waals surface area (Å²) < 4.78 is 0. The van der Waals surface area contributed by atoms with Crippen molar-refractivity contribution in [3.05, 3.63) is 63.1 Å². The van der Waals surface area contributed by atoms with Gasteiger partial charge in [0.1, 0.15) is 6.04 Å². The summed E-state index contributed by atoms with van der Waals surface area (Å²) >= 11 is 12.0. The summed E-state index contributed by atoms with van der Waals surface area (Å²) in [5, 5.41) is 3.19. The SMILES string of the molecule is Cc1cccc(NC(=O)[C@H](CC(C)C)N2C(=O)c3cc(Cl)c(Cl)cc3C2=O)c1. The first-order valence-corrected chi connectivity index (χ1v) is 9.69. The lowest BCUT2D eigenvalue weighted by Crippen LogP contribution is -2.47. The molecule has 1 atom stereocenters. The van der Waals surface area contributed by atoms with Gasteiger partial charge in [0.15, 0.2) is 0 Å². The van der Waals surface area contributed by atoms with Gasteiger partial charge < -0.3 is 5.32 Å². The summed E-state index contributed by atoms with van der Waals surface area (Å²) in [7, 11) is 0. The first-order chi connectivity index (χ1) is 13.2. The Balaban J connectivity index is 1.94. The molecular formula is C21H20Cl2N2O3. The van der Waals surface area contributed by atoms with E-state index in [9.17, 15) is 14.4 Å². The second-order valence-corrected chi connectivity index (χ2v) is 8.11. The Morgan fingerprint density at radius 3 is 2.11 bits per heavy atom. The van der Waals surface area contributed by atoms with E-state index in [0.29, 0.717) is 12.1 Å². The fourth-order valence-electron chi connectivity index (χ4n) is 3.26. The highest BCUT2D eigenvalue weighted by Gasteiger charge is 2.43. The molecule has 0 saturated heterocycles. The molecule has 1 aliphatic heterocycles. The highest BCUT2D eigenvalue weighted by molar-refractivity contribution is 6.43. The van der Waals surface area contributed by atoms with Gasteiger partial charge in [0.25, 0.3) is 11.8 Å². The summed E-state index contributed by atoms with van der Waals surface area (Å²) in [6.45, 7) is 5.77. The fraction of sp³-hybridized carbons (Fsp3) is 0.286. The van der Waals surface area contributed by atoms with E-state index in [4.69, 9.17) is 23.2 Å². The van der Waals surface area contributed by atoms with E-state index in [-0.39, 0.29) is 27.1 Å². The van der Waals surface area contributed by atoms with Crippen LogP contribution in [0.15, 0.2) is 36.4 Å². The van der Waals surface area contributed by atoms with E-state index in [2.05, 4.69) is 5.32 Å². The molecule has 1 N–H and O–H groups in total. The molecule has 146 valence electrons. The molecule has 2 aromatic carbocycles. The number of imide groups is 1. The molecule has 0 aliphatic carbocycles. The molecule has 1 heterocycles. The number of anilines is 1. The van der Waals surface area contributed by atoms with E-state index in [1.54, 1.807) is 6.07 Å². The molecule has 1 aliphatic rings. The van der Waals surface area contributed by atoms with Gasteiger partial charge >= 0.3 is 0 Å². The molecule has 0 fully saturated rings. The van der Waals surface area contributed by atoms with Gasteiger partial charge in [-0.3, -0.25) is 19.3 Å². The zero-order valence-corrected chi connectivity index (χ0v) is 17.3. The Hall–Kier alpha value is -2.37. The topological polar surface area (TPSA) is 66.5 Å². The summed E-state index contributed by atoms with van der Waals surface area (Å²) in [6.07, 6.45) is 0.338.